The highest BCUT2D eigenvalue weighted by atomic mass is 31.0. The summed E-state index contributed by atoms with van der Waals surface area (Å²) in [5.41, 5.74) is 3.19. The Labute approximate surface area is 117 Å². The van der Waals surface area contributed by atoms with Crippen molar-refractivity contribution in [3.63, 3.8) is 0 Å². The van der Waals surface area contributed by atoms with Crippen LogP contribution in [0.15, 0.2) is 29.4 Å². The van der Waals surface area contributed by atoms with Gasteiger partial charge in [0, 0.05) is 10.9 Å². The van der Waals surface area contributed by atoms with E-state index in [2.05, 4.69) is 25.1 Å². The number of rotatable bonds is 4. The molecule has 20 heavy (non-hydrogen) atoms. The molecule has 2 N–H and O–H groups in total. The molecule has 1 atom stereocenters. The zero-order chi connectivity index (χ0) is 14.5. The van der Waals surface area contributed by atoms with E-state index in [-0.39, 0.29) is 23.8 Å². The molecule has 0 radical (unpaired) electrons. The number of hydrogen-bond acceptors (Lipinski definition) is 3. The molecule has 1 aliphatic heterocycles. The lowest BCUT2D eigenvalue weighted by molar-refractivity contribution is -0.120. The van der Waals surface area contributed by atoms with E-state index in [1.807, 2.05) is 6.08 Å². The average molecular weight is 297 g/mol. The van der Waals surface area contributed by atoms with E-state index in [0.29, 0.717) is 12.3 Å². The standard InChI is InChI=1S/C13H14F2N3OP/c14-10-3-4-11(20)13(15)9(10)6-12(19)16-7-8-2-1-5-17-18-8/h1-4,17H,5-7,20H2,(H,16,19). The number of halogens is 2. The van der Waals surface area contributed by atoms with Crippen LogP contribution in [0.5, 0.6) is 0 Å². The fraction of sp³-hybridized carbons (Fsp3) is 0.231. The number of carbonyl (C=O) groups is 1. The van der Waals surface area contributed by atoms with Crippen molar-refractivity contribution < 1.29 is 13.6 Å². The zero-order valence-electron chi connectivity index (χ0n) is 10.6. The Morgan fingerprint density at radius 2 is 2.25 bits per heavy atom. The van der Waals surface area contributed by atoms with E-state index < -0.39 is 17.5 Å². The fourth-order valence-electron chi connectivity index (χ4n) is 1.72. The highest BCUT2D eigenvalue weighted by Crippen LogP contribution is 2.13. The lowest BCUT2D eigenvalue weighted by Gasteiger charge is -2.10. The van der Waals surface area contributed by atoms with Crippen molar-refractivity contribution in [1.29, 1.82) is 0 Å². The van der Waals surface area contributed by atoms with Crippen LogP contribution in [0.3, 0.4) is 0 Å². The number of nitrogens with one attached hydrogen (secondary N) is 2. The van der Waals surface area contributed by atoms with Crippen LogP contribution in [-0.2, 0) is 11.2 Å². The summed E-state index contributed by atoms with van der Waals surface area (Å²) in [4.78, 5) is 11.7. The van der Waals surface area contributed by atoms with Crippen LogP contribution < -0.4 is 16.0 Å². The minimum absolute atomic E-state index is 0.214. The second kappa shape index (κ2) is 6.57. The van der Waals surface area contributed by atoms with E-state index in [0.717, 1.165) is 6.07 Å². The van der Waals surface area contributed by atoms with Gasteiger partial charge in [-0.1, -0.05) is 6.08 Å². The van der Waals surface area contributed by atoms with E-state index in [1.165, 1.54) is 6.07 Å². The van der Waals surface area contributed by atoms with Crippen molar-refractivity contribution >= 4 is 26.2 Å². The second-order valence-corrected chi connectivity index (χ2v) is 4.87. The van der Waals surface area contributed by atoms with Crippen LogP contribution in [0, 0.1) is 11.6 Å². The summed E-state index contributed by atoms with van der Waals surface area (Å²) in [5.74, 6) is -1.89. The predicted octanol–water partition coefficient (Wildman–Crippen LogP) is 0.639. The van der Waals surface area contributed by atoms with Crippen molar-refractivity contribution in [2.45, 2.75) is 6.42 Å². The first kappa shape index (κ1) is 14.6. The molecule has 0 fully saturated rings. The first-order chi connectivity index (χ1) is 9.58. The molecule has 0 aromatic heterocycles. The van der Waals surface area contributed by atoms with Gasteiger partial charge in [-0.2, -0.15) is 5.10 Å². The van der Waals surface area contributed by atoms with E-state index in [4.69, 9.17) is 0 Å². The van der Waals surface area contributed by atoms with Crippen molar-refractivity contribution in [2.24, 2.45) is 5.10 Å². The summed E-state index contributed by atoms with van der Waals surface area (Å²) in [6.45, 7) is 0.862. The minimum Gasteiger partial charge on any atom is -0.350 e. The third kappa shape index (κ3) is 3.61. The Kier molecular flexibility index (Phi) is 4.79. The number of benzene rings is 1. The maximum Gasteiger partial charge on any atom is 0.224 e. The molecule has 1 aromatic carbocycles. The number of carbonyl (C=O) groups excluding carboxylic acids is 1. The van der Waals surface area contributed by atoms with Crippen LogP contribution in [0.25, 0.3) is 0 Å². The molecular formula is C13H14F2N3OP. The molecule has 1 amide bonds. The summed E-state index contributed by atoms with van der Waals surface area (Å²) in [7, 11) is 2.17. The molecule has 1 aliphatic rings. The summed E-state index contributed by atoms with van der Waals surface area (Å²) < 4.78 is 27.2. The van der Waals surface area contributed by atoms with E-state index >= 15 is 0 Å². The molecule has 7 heteroatoms. The van der Waals surface area contributed by atoms with Gasteiger partial charge in [0.15, 0.2) is 0 Å². The topological polar surface area (TPSA) is 53.5 Å². The van der Waals surface area contributed by atoms with Crippen LogP contribution in [-0.4, -0.2) is 24.7 Å². The molecular weight excluding hydrogens is 283 g/mol. The number of hydrogen-bond donors (Lipinski definition) is 2. The molecule has 0 saturated heterocycles. The quantitative estimate of drug-likeness (QED) is 0.801. The van der Waals surface area contributed by atoms with Crippen molar-refractivity contribution in [3.8, 4) is 0 Å². The van der Waals surface area contributed by atoms with Crippen LogP contribution in [0.4, 0.5) is 8.78 Å². The van der Waals surface area contributed by atoms with Crippen molar-refractivity contribution in [3.05, 3.63) is 41.5 Å². The smallest absolute Gasteiger partial charge is 0.224 e. The Hall–Kier alpha value is -1.81. The SMILES string of the molecule is O=C(Cc1c(F)ccc(P)c1F)NCC1=NNCC=C1. The van der Waals surface area contributed by atoms with Crippen LogP contribution in [0.2, 0.25) is 0 Å². The lowest BCUT2D eigenvalue weighted by atomic mass is 10.1. The first-order valence-electron chi connectivity index (χ1n) is 6.03. The van der Waals surface area contributed by atoms with Crippen LogP contribution >= 0.6 is 9.24 Å². The maximum atomic E-state index is 13.7. The van der Waals surface area contributed by atoms with Gasteiger partial charge in [-0.05, 0) is 18.2 Å². The summed E-state index contributed by atoms with van der Waals surface area (Å²) >= 11 is 0. The third-order valence-corrected chi connectivity index (χ3v) is 3.21. The molecule has 0 aliphatic carbocycles. The van der Waals surface area contributed by atoms with Gasteiger partial charge in [-0.15, -0.1) is 9.24 Å². The molecule has 0 saturated carbocycles. The fourth-order valence-corrected chi connectivity index (χ4v) is 1.99. The molecule has 1 unspecified atom stereocenters. The molecule has 106 valence electrons. The maximum absolute atomic E-state index is 13.7. The van der Waals surface area contributed by atoms with Crippen LogP contribution in [0.1, 0.15) is 5.56 Å². The minimum atomic E-state index is -0.722. The largest absolute Gasteiger partial charge is 0.350 e. The van der Waals surface area contributed by atoms with E-state index in [1.54, 1.807) is 6.08 Å². The highest BCUT2D eigenvalue weighted by Gasteiger charge is 2.15. The monoisotopic (exact) mass is 297 g/mol. The van der Waals surface area contributed by atoms with Gasteiger partial charge in [0.2, 0.25) is 5.91 Å². The predicted molar refractivity (Wildman–Crippen MR) is 77.0 cm³/mol. The Bertz CT molecular complexity index is 587. The number of amides is 1. The highest BCUT2D eigenvalue weighted by molar-refractivity contribution is 7.27. The van der Waals surface area contributed by atoms with Gasteiger partial charge in [0.1, 0.15) is 11.6 Å². The summed E-state index contributed by atoms with van der Waals surface area (Å²) in [6.07, 6.45) is 3.30. The van der Waals surface area contributed by atoms with Gasteiger partial charge >= 0.3 is 0 Å². The van der Waals surface area contributed by atoms with Crippen molar-refractivity contribution in [1.82, 2.24) is 10.7 Å². The third-order valence-electron chi connectivity index (χ3n) is 2.76. The lowest BCUT2D eigenvalue weighted by Crippen LogP contribution is -2.32. The summed E-state index contributed by atoms with van der Waals surface area (Å²) in [5, 5.41) is 6.78. The van der Waals surface area contributed by atoms with Crippen molar-refractivity contribution in [2.75, 3.05) is 13.1 Å². The number of nitrogens with zero attached hydrogens (tertiary/aromatic N) is 1. The average Bonchev–Trinajstić information content (AvgIpc) is 2.46. The normalized spacial score (nSPS) is 13.7. The van der Waals surface area contributed by atoms with E-state index in [9.17, 15) is 13.6 Å². The van der Waals surface area contributed by atoms with Gasteiger partial charge in [-0.25, -0.2) is 8.78 Å². The van der Waals surface area contributed by atoms with Gasteiger partial charge < -0.3 is 10.7 Å². The molecule has 0 spiro atoms. The number of hydrazone groups is 1. The first-order valence-corrected chi connectivity index (χ1v) is 6.60. The second-order valence-electron chi connectivity index (χ2n) is 4.25. The zero-order valence-corrected chi connectivity index (χ0v) is 11.8. The van der Waals surface area contributed by atoms with Gasteiger partial charge in [-0.3, -0.25) is 4.79 Å². The summed E-state index contributed by atoms with van der Waals surface area (Å²) in [6, 6.07) is 2.45. The Morgan fingerprint density at radius 1 is 1.45 bits per heavy atom. The van der Waals surface area contributed by atoms with Gasteiger partial charge in [0.25, 0.3) is 0 Å². The molecule has 0 bridgehead atoms. The van der Waals surface area contributed by atoms with Gasteiger partial charge in [0.05, 0.1) is 25.2 Å². The molecule has 1 heterocycles. The molecule has 1 aromatic rings. The Balaban J connectivity index is 1.96. The Morgan fingerprint density at radius 3 is 2.95 bits per heavy atom. The molecule has 2 rings (SSSR count). The molecule has 4 nitrogen and oxygen atoms in total.